The second-order valence-corrected chi connectivity index (χ2v) is 13.3. The summed E-state index contributed by atoms with van der Waals surface area (Å²) in [7, 11) is 1.52. The summed E-state index contributed by atoms with van der Waals surface area (Å²) >= 11 is 6.53. The molecule has 0 saturated carbocycles. The molecule has 256 valence electrons. The van der Waals surface area contributed by atoms with Gasteiger partial charge in [0.05, 0.1) is 24.3 Å². The molecule has 2 aliphatic rings. The van der Waals surface area contributed by atoms with E-state index in [1.54, 1.807) is 18.2 Å². The van der Waals surface area contributed by atoms with E-state index in [2.05, 4.69) is 13.8 Å². The zero-order valence-corrected chi connectivity index (χ0v) is 27.2. The molecule has 2 atom stereocenters. The summed E-state index contributed by atoms with van der Waals surface area (Å²) in [5.74, 6) is -0.0707. The number of rotatable bonds is 7. The summed E-state index contributed by atoms with van der Waals surface area (Å²) in [6, 6.07) is 10.6. The molecule has 5 rings (SSSR count). The molecular formula is C35H33ClF6N2O4. The molecule has 0 unspecified atom stereocenters. The number of nitrogens with zero attached hydrogens (tertiary/aromatic N) is 1. The zero-order valence-electron chi connectivity index (χ0n) is 26.5. The molecule has 1 aliphatic carbocycles. The third-order valence-corrected chi connectivity index (χ3v) is 9.26. The quantitative estimate of drug-likeness (QED) is 0.250. The van der Waals surface area contributed by atoms with Crippen LogP contribution in [0.2, 0.25) is 5.02 Å². The van der Waals surface area contributed by atoms with Crippen molar-refractivity contribution >= 4 is 29.2 Å². The number of carbonyl (C=O) groups is 2. The Morgan fingerprint density at radius 3 is 2.21 bits per heavy atom. The van der Waals surface area contributed by atoms with Crippen molar-refractivity contribution < 1.29 is 45.4 Å². The van der Waals surface area contributed by atoms with E-state index < -0.39 is 53.2 Å². The van der Waals surface area contributed by atoms with Gasteiger partial charge in [0.15, 0.2) is 0 Å². The monoisotopic (exact) mass is 694 g/mol. The number of primary amides is 1. The number of amides is 2. The Morgan fingerprint density at radius 1 is 1.00 bits per heavy atom. The van der Waals surface area contributed by atoms with Crippen molar-refractivity contribution in [1.82, 2.24) is 4.90 Å². The van der Waals surface area contributed by atoms with Gasteiger partial charge in [-0.3, -0.25) is 9.69 Å². The maximum atomic E-state index is 13.6. The molecule has 0 spiro atoms. The van der Waals surface area contributed by atoms with Gasteiger partial charge in [-0.05, 0) is 96.3 Å². The normalized spacial score (nSPS) is 19.8. The number of benzene rings is 3. The van der Waals surface area contributed by atoms with Gasteiger partial charge < -0.3 is 15.2 Å². The van der Waals surface area contributed by atoms with Gasteiger partial charge >= 0.3 is 18.4 Å². The van der Waals surface area contributed by atoms with Crippen LogP contribution in [0.5, 0.6) is 5.75 Å². The Bertz CT molecular complexity index is 1770. The number of alkyl halides is 6. The number of allylic oxidation sites excluding steroid dienone is 1. The van der Waals surface area contributed by atoms with Crippen molar-refractivity contribution in [3.05, 3.63) is 93.0 Å². The highest BCUT2D eigenvalue weighted by Gasteiger charge is 2.44. The van der Waals surface area contributed by atoms with Crippen molar-refractivity contribution in [3.8, 4) is 16.9 Å². The Balaban J connectivity index is 1.55. The summed E-state index contributed by atoms with van der Waals surface area (Å²) < 4.78 is 92.8. The van der Waals surface area contributed by atoms with Gasteiger partial charge in [0.25, 0.3) is 0 Å². The van der Waals surface area contributed by atoms with Crippen LogP contribution in [0.1, 0.15) is 78.7 Å². The second-order valence-electron chi connectivity index (χ2n) is 12.9. The number of halogens is 7. The number of nitrogens with two attached hydrogens (primary N) is 1. The molecule has 2 N–H and O–H groups in total. The van der Waals surface area contributed by atoms with E-state index >= 15 is 0 Å². The largest absolute Gasteiger partial charge is 0.496 e. The van der Waals surface area contributed by atoms with Gasteiger partial charge in [-0.25, -0.2) is 4.79 Å². The first-order chi connectivity index (χ1) is 22.3. The molecular weight excluding hydrogens is 662 g/mol. The number of hydrogen-bond donors (Lipinski definition) is 1. The van der Waals surface area contributed by atoms with E-state index in [-0.39, 0.29) is 23.6 Å². The van der Waals surface area contributed by atoms with Crippen LogP contribution in [0.4, 0.5) is 31.1 Å². The van der Waals surface area contributed by atoms with Gasteiger partial charge in [-0.1, -0.05) is 37.6 Å². The first kappa shape index (κ1) is 35.1. The number of hydrogen-bond acceptors (Lipinski definition) is 4. The Hall–Kier alpha value is -4.19. The fraction of sp³-hybridized carbons (Fsp3) is 0.371. The molecule has 1 aliphatic heterocycles. The van der Waals surface area contributed by atoms with Crippen molar-refractivity contribution in [3.63, 3.8) is 0 Å². The maximum Gasteiger partial charge on any atom is 0.416 e. The minimum Gasteiger partial charge on any atom is -0.496 e. The van der Waals surface area contributed by atoms with Gasteiger partial charge in [-0.2, -0.15) is 26.3 Å². The number of methoxy groups -OCH3 is 1. The van der Waals surface area contributed by atoms with Crippen LogP contribution in [-0.4, -0.2) is 36.6 Å². The highest BCUT2D eigenvalue weighted by molar-refractivity contribution is 6.33. The summed E-state index contributed by atoms with van der Waals surface area (Å²) in [5, 5.41) is 0.310. The molecule has 0 radical (unpaired) electrons. The van der Waals surface area contributed by atoms with Crippen LogP contribution in [0.25, 0.3) is 16.7 Å². The van der Waals surface area contributed by atoms with Crippen LogP contribution in [0, 0.1) is 5.41 Å². The number of cyclic esters (lactones) is 1. The van der Waals surface area contributed by atoms with Crippen LogP contribution < -0.4 is 10.5 Å². The van der Waals surface area contributed by atoms with Crippen LogP contribution in [-0.2, 0) is 17.1 Å². The molecule has 0 bridgehead atoms. The van der Waals surface area contributed by atoms with E-state index in [0.29, 0.717) is 41.3 Å². The predicted molar refractivity (Wildman–Crippen MR) is 168 cm³/mol. The number of carbonyl (C=O) groups excluding carboxylic acids is 2. The summed E-state index contributed by atoms with van der Waals surface area (Å²) in [6.45, 7) is 5.72. The lowest BCUT2D eigenvalue weighted by molar-refractivity contribution is -0.143. The third-order valence-electron chi connectivity index (χ3n) is 8.95. The number of ether oxygens (including phenoxy) is 2. The third kappa shape index (κ3) is 7.13. The van der Waals surface area contributed by atoms with E-state index in [4.69, 9.17) is 26.8 Å². The van der Waals surface area contributed by atoms with Crippen molar-refractivity contribution in [2.24, 2.45) is 11.1 Å². The Kier molecular flexibility index (Phi) is 9.28. The molecule has 2 amide bonds. The van der Waals surface area contributed by atoms with Crippen molar-refractivity contribution in [1.29, 1.82) is 0 Å². The standard InChI is InChI=1S/C35H33ClF6N2O4/c1-18-30(21-11-23(34(37,38)39)15-24(12-21)35(40,41)42)48-32(46)44(18)17-22-16-33(2,3)10-9-25(22)27-13-19(6-8-29(27)47-4)26-7-5-20(31(43)45)14-28(26)36/h5-8,11-15,18,30H,9-10,16-17H2,1-4H3,(H2,43,45)/t18-,30-/m0/s1. The zero-order chi connectivity index (χ0) is 35.3. The molecule has 3 aromatic carbocycles. The SMILES string of the molecule is COc1ccc(-c2ccc(C(N)=O)cc2Cl)cc1C1=C(CN2C(=O)O[C@H](c3cc(C(F)(F)F)cc(C(F)(F)F)c3)[C@@H]2C)CC(C)(C)CC1. The lowest BCUT2D eigenvalue weighted by Crippen LogP contribution is -2.35. The molecule has 1 fully saturated rings. The average molecular weight is 695 g/mol. The van der Waals surface area contributed by atoms with Gasteiger partial charge in [-0.15, -0.1) is 0 Å². The summed E-state index contributed by atoms with van der Waals surface area (Å²) in [6.07, 6.45) is -10.4. The lowest BCUT2D eigenvalue weighted by atomic mass is 9.72. The van der Waals surface area contributed by atoms with Crippen LogP contribution in [0.15, 0.2) is 60.2 Å². The predicted octanol–water partition coefficient (Wildman–Crippen LogP) is 9.70. The fourth-order valence-corrected chi connectivity index (χ4v) is 6.70. The molecule has 0 aromatic heterocycles. The average Bonchev–Trinajstić information content (AvgIpc) is 3.27. The molecule has 48 heavy (non-hydrogen) atoms. The van der Waals surface area contributed by atoms with E-state index in [1.165, 1.54) is 25.0 Å². The Morgan fingerprint density at radius 2 is 1.65 bits per heavy atom. The topological polar surface area (TPSA) is 81.9 Å². The first-order valence-corrected chi connectivity index (χ1v) is 15.4. The summed E-state index contributed by atoms with van der Waals surface area (Å²) in [4.78, 5) is 26.2. The van der Waals surface area contributed by atoms with Crippen LogP contribution in [0.3, 0.4) is 0 Å². The summed E-state index contributed by atoms with van der Waals surface area (Å²) in [5.41, 5.74) is 5.95. The fourth-order valence-electron chi connectivity index (χ4n) is 6.41. The molecule has 1 heterocycles. The van der Waals surface area contributed by atoms with Gasteiger partial charge in [0.2, 0.25) is 5.91 Å². The smallest absolute Gasteiger partial charge is 0.416 e. The van der Waals surface area contributed by atoms with Gasteiger partial charge in [0.1, 0.15) is 11.9 Å². The van der Waals surface area contributed by atoms with Gasteiger partial charge in [0, 0.05) is 28.3 Å². The molecule has 3 aromatic rings. The molecule has 1 saturated heterocycles. The first-order valence-electron chi connectivity index (χ1n) is 15.0. The van der Waals surface area contributed by atoms with Crippen molar-refractivity contribution in [2.45, 2.75) is 64.5 Å². The van der Waals surface area contributed by atoms with Crippen LogP contribution >= 0.6 is 11.6 Å². The lowest BCUT2D eigenvalue weighted by Gasteiger charge is -2.36. The minimum absolute atomic E-state index is 0.0296. The Labute approximate surface area is 278 Å². The molecule has 6 nitrogen and oxygen atoms in total. The molecule has 13 heteroatoms. The van der Waals surface area contributed by atoms with Crippen molar-refractivity contribution in [2.75, 3.05) is 13.7 Å². The van der Waals surface area contributed by atoms with E-state index in [0.717, 1.165) is 28.7 Å². The van der Waals surface area contributed by atoms with E-state index in [9.17, 15) is 35.9 Å². The highest BCUT2D eigenvalue weighted by Crippen LogP contribution is 2.47. The highest BCUT2D eigenvalue weighted by atomic mass is 35.5. The second kappa shape index (κ2) is 12.7. The minimum atomic E-state index is -5.04. The maximum absolute atomic E-state index is 13.6. The van der Waals surface area contributed by atoms with E-state index in [1.807, 2.05) is 12.1 Å².